The lowest BCUT2D eigenvalue weighted by molar-refractivity contribution is -0.133. The maximum atomic E-state index is 11.9. The van der Waals surface area contributed by atoms with E-state index in [4.69, 9.17) is 9.84 Å². The van der Waals surface area contributed by atoms with Gasteiger partial charge in [-0.2, -0.15) is 0 Å². The fraction of sp³-hybridized carbons (Fsp3) is 0.462. The first-order chi connectivity index (χ1) is 9.08. The predicted octanol–water partition coefficient (Wildman–Crippen LogP) is 2.82. The van der Waals surface area contributed by atoms with Crippen LogP contribution in [0.1, 0.15) is 13.3 Å². The lowest BCUT2D eigenvalue weighted by Gasteiger charge is -2.21. The third-order valence-electron chi connectivity index (χ3n) is 2.46. The van der Waals surface area contributed by atoms with Gasteiger partial charge in [-0.3, -0.25) is 4.79 Å². The molecule has 0 unspecified atom stereocenters. The SMILES string of the molecule is CCCN(CCO)C(=O)COc1ccc(Br)cc1Br. The molecule has 0 saturated heterocycles. The normalized spacial score (nSPS) is 10.3. The van der Waals surface area contributed by atoms with E-state index in [0.29, 0.717) is 18.8 Å². The van der Waals surface area contributed by atoms with E-state index in [1.165, 1.54) is 0 Å². The molecule has 1 aromatic rings. The van der Waals surface area contributed by atoms with Gasteiger partial charge in [0.25, 0.3) is 5.91 Å². The second-order valence-corrected chi connectivity index (χ2v) is 5.74. The molecular formula is C13H17Br2NO3. The first-order valence-electron chi connectivity index (χ1n) is 6.05. The molecule has 19 heavy (non-hydrogen) atoms. The quantitative estimate of drug-likeness (QED) is 0.773. The van der Waals surface area contributed by atoms with Crippen molar-refractivity contribution < 1.29 is 14.6 Å². The molecule has 0 aliphatic heterocycles. The van der Waals surface area contributed by atoms with Crippen LogP contribution >= 0.6 is 31.9 Å². The summed E-state index contributed by atoms with van der Waals surface area (Å²) in [4.78, 5) is 13.5. The van der Waals surface area contributed by atoms with Gasteiger partial charge in [0, 0.05) is 17.6 Å². The van der Waals surface area contributed by atoms with Crippen LogP contribution in [0.4, 0.5) is 0 Å². The van der Waals surface area contributed by atoms with Gasteiger partial charge >= 0.3 is 0 Å². The van der Waals surface area contributed by atoms with Gasteiger partial charge in [0.15, 0.2) is 6.61 Å². The Balaban J connectivity index is 2.56. The number of amides is 1. The number of carbonyl (C=O) groups excluding carboxylic acids is 1. The molecule has 0 radical (unpaired) electrons. The number of aliphatic hydroxyl groups excluding tert-OH is 1. The zero-order valence-electron chi connectivity index (χ0n) is 10.7. The van der Waals surface area contributed by atoms with Crippen LogP contribution < -0.4 is 4.74 Å². The van der Waals surface area contributed by atoms with Crippen LogP contribution in [0.15, 0.2) is 27.1 Å². The molecule has 1 aromatic carbocycles. The molecule has 0 aliphatic rings. The Morgan fingerprint density at radius 1 is 1.37 bits per heavy atom. The first kappa shape index (κ1) is 16.5. The second kappa shape index (κ2) is 8.55. The highest BCUT2D eigenvalue weighted by atomic mass is 79.9. The Morgan fingerprint density at radius 3 is 2.68 bits per heavy atom. The summed E-state index contributed by atoms with van der Waals surface area (Å²) in [6, 6.07) is 5.50. The smallest absolute Gasteiger partial charge is 0.260 e. The van der Waals surface area contributed by atoms with Crippen molar-refractivity contribution in [3.05, 3.63) is 27.1 Å². The zero-order valence-corrected chi connectivity index (χ0v) is 13.9. The summed E-state index contributed by atoms with van der Waals surface area (Å²) < 4.78 is 7.21. The molecule has 0 bridgehead atoms. The lowest BCUT2D eigenvalue weighted by Crippen LogP contribution is -2.37. The van der Waals surface area contributed by atoms with Gasteiger partial charge in [0.1, 0.15) is 5.75 Å². The van der Waals surface area contributed by atoms with Crippen molar-refractivity contribution in [3.8, 4) is 5.75 Å². The van der Waals surface area contributed by atoms with E-state index in [9.17, 15) is 4.79 Å². The number of halogens is 2. The minimum atomic E-state index is -0.120. The Morgan fingerprint density at radius 2 is 2.11 bits per heavy atom. The number of aliphatic hydroxyl groups is 1. The summed E-state index contributed by atoms with van der Waals surface area (Å²) in [6.45, 7) is 2.90. The van der Waals surface area contributed by atoms with Crippen LogP contribution in [0.2, 0.25) is 0 Å². The number of hydrogen-bond acceptors (Lipinski definition) is 3. The number of benzene rings is 1. The summed E-state index contributed by atoms with van der Waals surface area (Å²) in [7, 11) is 0. The van der Waals surface area contributed by atoms with Crippen LogP contribution in [-0.4, -0.2) is 42.2 Å². The van der Waals surface area contributed by atoms with Gasteiger partial charge in [-0.25, -0.2) is 0 Å². The van der Waals surface area contributed by atoms with Crippen molar-refractivity contribution in [2.24, 2.45) is 0 Å². The van der Waals surface area contributed by atoms with E-state index < -0.39 is 0 Å². The lowest BCUT2D eigenvalue weighted by atomic mass is 10.3. The monoisotopic (exact) mass is 393 g/mol. The van der Waals surface area contributed by atoms with E-state index >= 15 is 0 Å². The molecule has 4 nitrogen and oxygen atoms in total. The topological polar surface area (TPSA) is 49.8 Å². The number of ether oxygens (including phenoxy) is 1. The van der Waals surface area contributed by atoms with Gasteiger partial charge in [0.05, 0.1) is 11.1 Å². The van der Waals surface area contributed by atoms with E-state index in [1.807, 2.05) is 19.1 Å². The Labute approximate surface area is 130 Å². The van der Waals surface area contributed by atoms with Crippen LogP contribution in [0.3, 0.4) is 0 Å². The average molecular weight is 395 g/mol. The highest BCUT2D eigenvalue weighted by molar-refractivity contribution is 9.11. The molecule has 6 heteroatoms. The Kier molecular flexibility index (Phi) is 7.41. The minimum absolute atomic E-state index is 0.0275. The van der Waals surface area contributed by atoms with Crippen molar-refractivity contribution in [2.75, 3.05) is 26.3 Å². The molecule has 1 rings (SSSR count). The molecule has 106 valence electrons. The predicted molar refractivity (Wildman–Crippen MR) is 81.3 cm³/mol. The standard InChI is InChI=1S/C13H17Br2NO3/c1-2-5-16(6-7-17)13(18)9-19-12-4-3-10(14)8-11(12)15/h3-4,8,17H,2,5-7,9H2,1H3. The van der Waals surface area contributed by atoms with Gasteiger partial charge in [-0.15, -0.1) is 0 Å². The molecule has 1 amide bonds. The molecule has 0 aromatic heterocycles. The zero-order chi connectivity index (χ0) is 14.3. The molecule has 0 atom stereocenters. The maximum absolute atomic E-state index is 11.9. The largest absolute Gasteiger partial charge is 0.483 e. The van der Waals surface area contributed by atoms with Crippen molar-refractivity contribution in [2.45, 2.75) is 13.3 Å². The maximum Gasteiger partial charge on any atom is 0.260 e. The van der Waals surface area contributed by atoms with Crippen LogP contribution in [0.25, 0.3) is 0 Å². The third kappa shape index (κ3) is 5.50. The Bertz CT molecular complexity index is 420. The van der Waals surface area contributed by atoms with Crippen molar-refractivity contribution in [1.82, 2.24) is 4.90 Å². The van der Waals surface area contributed by atoms with Gasteiger partial charge in [-0.05, 0) is 40.5 Å². The van der Waals surface area contributed by atoms with E-state index in [2.05, 4.69) is 31.9 Å². The molecule has 0 heterocycles. The molecule has 0 fully saturated rings. The highest BCUT2D eigenvalue weighted by Gasteiger charge is 2.13. The number of carbonyl (C=O) groups is 1. The molecule has 0 aliphatic carbocycles. The third-order valence-corrected chi connectivity index (χ3v) is 3.57. The summed E-state index contributed by atoms with van der Waals surface area (Å²) in [5.74, 6) is 0.503. The van der Waals surface area contributed by atoms with Crippen molar-refractivity contribution in [3.63, 3.8) is 0 Å². The average Bonchev–Trinajstić information content (AvgIpc) is 2.37. The molecule has 0 saturated carbocycles. The van der Waals surface area contributed by atoms with Crippen LogP contribution in [0, 0.1) is 0 Å². The molecular weight excluding hydrogens is 378 g/mol. The van der Waals surface area contributed by atoms with E-state index in [0.717, 1.165) is 15.4 Å². The van der Waals surface area contributed by atoms with Gasteiger partial charge in [0.2, 0.25) is 0 Å². The first-order valence-corrected chi connectivity index (χ1v) is 7.63. The summed E-state index contributed by atoms with van der Waals surface area (Å²) in [6.07, 6.45) is 0.855. The minimum Gasteiger partial charge on any atom is -0.483 e. The number of hydrogen-bond donors (Lipinski definition) is 1. The Hall–Kier alpha value is -0.590. The molecule has 1 N–H and O–H groups in total. The number of rotatable bonds is 7. The van der Waals surface area contributed by atoms with E-state index in [-0.39, 0.29) is 19.1 Å². The summed E-state index contributed by atoms with van der Waals surface area (Å²) >= 11 is 6.73. The second-order valence-electron chi connectivity index (χ2n) is 3.97. The summed E-state index contributed by atoms with van der Waals surface area (Å²) in [5.41, 5.74) is 0. The highest BCUT2D eigenvalue weighted by Crippen LogP contribution is 2.28. The van der Waals surface area contributed by atoms with E-state index in [1.54, 1.807) is 11.0 Å². The molecule has 0 spiro atoms. The number of nitrogens with zero attached hydrogens (tertiary/aromatic N) is 1. The van der Waals surface area contributed by atoms with Crippen LogP contribution in [-0.2, 0) is 4.79 Å². The fourth-order valence-corrected chi connectivity index (χ4v) is 2.74. The van der Waals surface area contributed by atoms with Gasteiger partial charge in [-0.1, -0.05) is 22.9 Å². The summed E-state index contributed by atoms with van der Waals surface area (Å²) in [5, 5.41) is 8.92. The van der Waals surface area contributed by atoms with Crippen molar-refractivity contribution >= 4 is 37.8 Å². The van der Waals surface area contributed by atoms with Crippen LogP contribution in [0.5, 0.6) is 5.75 Å². The van der Waals surface area contributed by atoms with Gasteiger partial charge < -0.3 is 14.7 Å². The van der Waals surface area contributed by atoms with Crippen molar-refractivity contribution in [1.29, 1.82) is 0 Å². The fourth-order valence-electron chi connectivity index (χ4n) is 1.57.